The average Bonchev–Trinajstić information content (AvgIpc) is 2.94. The smallest absolute Gasteiger partial charge is 0.0555 e. The fourth-order valence-corrected chi connectivity index (χ4v) is 8.38. The summed E-state index contributed by atoms with van der Waals surface area (Å²) in [7, 11) is 0. The molecule has 0 aromatic rings. The van der Waals surface area contributed by atoms with E-state index in [0.717, 1.165) is 49.0 Å². The van der Waals surface area contributed by atoms with Gasteiger partial charge >= 0.3 is 0 Å². The molecule has 0 aromatic heterocycles. The van der Waals surface area contributed by atoms with Gasteiger partial charge in [0.2, 0.25) is 0 Å². The molecule has 8 atom stereocenters. The van der Waals surface area contributed by atoms with Gasteiger partial charge in [0.1, 0.15) is 0 Å². The highest BCUT2D eigenvalue weighted by molar-refractivity contribution is 5.27. The highest BCUT2D eigenvalue weighted by atomic mass is 16.3. The van der Waals surface area contributed by atoms with Crippen molar-refractivity contribution in [3.63, 3.8) is 0 Å². The summed E-state index contributed by atoms with van der Waals surface area (Å²) in [6.45, 7) is 13.5. The molecule has 0 saturated heterocycles. The monoisotopic (exact) mass is 401 g/mol. The molecular weight excluding hydrogens is 354 g/mol. The minimum atomic E-state index is -0.0986. The first kappa shape index (κ1) is 21.9. The molecule has 1 heterocycles. The number of aliphatic hydroxyl groups excluding tert-OH is 1. The van der Waals surface area contributed by atoms with Crippen molar-refractivity contribution >= 4 is 0 Å². The van der Waals surface area contributed by atoms with Crippen molar-refractivity contribution in [3.05, 3.63) is 11.6 Å². The Balaban J connectivity index is 1.51. The molecule has 3 fully saturated rings. The van der Waals surface area contributed by atoms with Crippen LogP contribution in [0.3, 0.4) is 0 Å². The van der Waals surface area contributed by atoms with Gasteiger partial charge in [0.25, 0.3) is 0 Å². The van der Waals surface area contributed by atoms with Crippen LogP contribution >= 0.6 is 0 Å². The molecule has 166 valence electrons. The molecule has 0 aromatic carbocycles. The van der Waals surface area contributed by atoms with Crippen LogP contribution in [-0.4, -0.2) is 23.8 Å². The van der Waals surface area contributed by atoms with E-state index in [0.29, 0.717) is 16.9 Å². The lowest BCUT2D eigenvalue weighted by Gasteiger charge is -2.54. The molecule has 0 radical (unpaired) electrons. The minimum Gasteiger partial charge on any atom is -0.393 e. The van der Waals surface area contributed by atoms with Gasteiger partial charge in [-0.1, -0.05) is 65.5 Å². The van der Waals surface area contributed by atoms with E-state index in [2.05, 4.69) is 46.0 Å². The Morgan fingerprint density at radius 1 is 1.00 bits per heavy atom. The van der Waals surface area contributed by atoms with Crippen molar-refractivity contribution in [1.29, 1.82) is 0 Å². The van der Waals surface area contributed by atoms with Gasteiger partial charge in [0, 0.05) is 12.6 Å². The number of nitrogens with one attached hydrogen (secondary N) is 1. The molecule has 29 heavy (non-hydrogen) atoms. The lowest BCUT2D eigenvalue weighted by molar-refractivity contribution is -0.0127. The maximum atomic E-state index is 10.3. The standard InChI is InChI=1S/C27H47NO/c1-18(2)7-6-8-19(3)22-9-10-23-21-13-16-28-25-17-20(29)11-14-27(25,5)24(21)12-15-26(22,23)4/h13,18-20,22-25,28-29H,6-12,14-17H2,1-5H3/t19-,20+,22-,23+,24+,25?,26-,27-/m1/s1. The third kappa shape index (κ3) is 3.86. The Hall–Kier alpha value is -0.340. The molecule has 0 bridgehead atoms. The zero-order valence-electron chi connectivity index (χ0n) is 19.8. The molecule has 1 unspecified atom stereocenters. The summed E-state index contributed by atoms with van der Waals surface area (Å²) in [5, 5.41) is 14.1. The van der Waals surface area contributed by atoms with Gasteiger partial charge in [-0.05, 0) is 85.4 Å². The molecule has 4 aliphatic rings. The predicted octanol–water partition coefficient (Wildman–Crippen LogP) is 6.34. The number of hydrogen-bond donors (Lipinski definition) is 2. The van der Waals surface area contributed by atoms with Gasteiger partial charge in [0.15, 0.2) is 0 Å². The van der Waals surface area contributed by atoms with E-state index in [4.69, 9.17) is 0 Å². The summed E-state index contributed by atoms with van der Waals surface area (Å²) >= 11 is 0. The molecule has 4 rings (SSSR count). The maximum absolute atomic E-state index is 10.3. The summed E-state index contributed by atoms with van der Waals surface area (Å²) in [5.74, 6) is 4.18. The van der Waals surface area contributed by atoms with E-state index in [1.165, 1.54) is 51.4 Å². The molecule has 1 aliphatic heterocycles. The van der Waals surface area contributed by atoms with Crippen LogP contribution in [0.4, 0.5) is 0 Å². The SMILES string of the molecule is CC(C)CCC[C@@H](C)[C@H]1CC[C@H]2C3=CCNC4C[C@@H](O)CC[C@]4(C)[C@H]3CC[C@]12C. The number of allylic oxidation sites excluding steroid dienone is 1. The quantitative estimate of drug-likeness (QED) is 0.527. The zero-order chi connectivity index (χ0) is 20.8. The molecule has 2 nitrogen and oxygen atoms in total. The summed E-state index contributed by atoms with van der Waals surface area (Å²) in [4.78, 5) is 0. The molecule has 2 heteroatoms. The molecule has 2 N–H and O–H groups in total. The van der Waals surface area contributed by atoms with Gasteiger partial charge < -0.3 is 10.4 Å². The van der Waals surface area contributed by atoms with Crippen LogP contribution in [0.5, 0.6) is 0 Å². The van der Waals surface area contributed by atoms with Crippen LogP contribution in [0.25, 0.3) is 0 Å². The minimum absolute atomic E-state index is 0.0986. The lowest BCUT2D eigenvalue weighted by Crippen LogP contribution is -2.53. The third-order valence-corrected chi connectivity index (χ3v) is 10.1. The van der Waals surface area contributed by atoms with Crippen molar-refractivity contribution in [2.75, 3.05) is 6.54 Å². The molecule has 0 amide bonds. The van der Waals surface area contributed by atoms with Gasteiger partial charge in [-0.15, -0.1) is 0 Å². The van der Waals surface area contributed by atoms with Crippen molar-refractivity contribution in [3.8, 4) is 0 Å². The second-order valence-corrected chi connectivity index (χ2v) is 12.2. The first-order valence-electron chi connectivity index (χ1n) is 12.9. The second-order valence-electron chi connectivity index (χ2n) is 12.2. The topological polar surface area (TPSA) is 32.3 Å². The third-order valence-electron chi connectivity index (χ3n) is 10.1. The summed E-state index contributed by atoms with van der Waals surface area (Å²) in [6, 6.07) is 0.488. The van der Waals surface area contributed by atoms with E-state index in [9.17, 15) is 5.11 Å². The average molecular weight is 402 g/mol. The summed E-state index contributed by atoms with van der Waals surface area (Å²) < 4.78 is 0. The first-order valence-corrected chi connectivity index (χ1v) is 12.9. The van der Waals surface area contributed by atoms with Crippen LogP contribution in [0.1, 0.15) is 98.8 Å². The van der Waals surface area contributed by atoms with Crippen molar-refractivity contribution in [2.24, 2.45) is 40.4 Å². The van der Waals surface area contributed by atoms with Crippen molar-refractivity contribution in [2.45, 2.75) is 111 Å². The van der Waals surface area contributed by atoms with Crippen LogP contribution in [0.15, 0.2) is 11.6 Å². The summed E-state index contributed by atoms with van der Waals surface area (Å²) in [6.07, 6.45) is 15.5. The molecule has 3 saturated carbocycles. The first-order chi connectivity index (χ1) is 13.8. The maximum Gasteiger partial charge on any atom is 0.0555 e. The molecule has 0 spiro atoms. The van der Waals surface area contributed by atoms with Crippen molar-refractivity contribution < 1.29 is 5.11 Å². The Kier molecular flexibility index (Phi) is 6.26. The van der Waals surface area contributed by atoms with Crippen LogP contribution in [0.2, 0.25) is 0 Å². The molecule has 3 aliphatic carbocycles. The van der Waals surface area contributed by atoms with Gasteiger partial charge in [-0.3, -0.25) is 0 Å². The Bertz CT molecular complexity index is 612. The van der Waals surface area contributed by atoms with Crippen LogP contribution in [-0.2, 0) is 0 Å². The lowest BCUT2D eigenvalue weighted by atomic mass is 9.51. The van der Waals surface area contributed by atoms with Gasteiger partial charge in [0.05, 0.1) is 6.10 Å². The number of hydrogen-bond acceptors (Lipinski definition) is 2. The van der Waals surface area contributed by atoms with Gasteiger partial charge in [-0.25, -0.2) is 0 Å². The highest BCUT2D eigenvalue weighted by Crippen LogP contribution is 2.64. The van der Waals surface area contributed by atoms with E-state index in [-0.39, 0.29) is 6.10 Å². The summed E-state index contributed by atoms with van der Waals surface area (Å²) in [5.41, 5.74) is 2.68. The Labute approximate surface area is 180 Å². The molecular formula is C27H47NO. The van der Waals surface area contributed by atoms with E-state index < -0.39 is 0 Å². The van der Waals surface area contributed by atoms with E-state index >= 15 is 0 Å². The normalized spacial score (nSPS) is 45.8. The number of aliphatic hydroxyl groups is 1. The van der Waals surface area contributed by atoms with Crippen LogP contribution < -0.4 is 5.32 Å². The highest BCUT2D eigenvalue weighted by Gasteiger charge is 2.57. The Morgan fingerprint density at radius 2 is 1.72 bits per heavy atom. The number of fused-ring (bicyclic) bond motifs is 5. The predicted molar refractivity (Wildman–Crippen MR) is 123 cm³/mol. The zero-order valence-corrected chi connectivity index (χ0v) is 19.8. The number of rotatable bonds is 5. The fraction of sp³-hybridized carbons (Fsp3) is 0.926. The van der Waals surface area contributed by atoms with Crippen LogP contribution in [0, 0.1) is 40.4 Å². The fourth-order valence-electron chi connectivity index (χ4n) is 8.38. The van der Waals surface area contributed by atoms with E-state index in [1.54, 1.807) is 0 Å². The Morgan fingerprint density at radius 3 is 2.48 bits per heavy atom. The van der Waals surface area contributed by atoms with Gasteiger partial charge in [-0.2, -0.15) is 0 Å². The second kappa shape index (κ2) is 8.30. The van der Waals surface area contributed by atoms with E-state index in [1.807, 2.05) is 5.57 Å². The largest absolute Gasteiger partial charge is 0.393 e. The van der Waals surface area contributed by atoms with Crippen molar-refractivity contribution in [1.82, 2.24) is 5.32 Å².